The summed E-state index contributed by atoms with van der Waals surface area (Å²) in [5.74, 6) is 0. The van der Waals surface area contributed by atoms with Crippen molar-refractivity contribution in [2.24, 2.45) is 0 Å². The highest BCUT2D eigenvalue weighted by atomic mass is 28.4. The van der Waals surface area contributed by atoms with Gasteiger partial charge in [-0.05, 0) is 25.7 Å². The van der Waals surface area contributed by atoms with Crippen LogP contribution in [0.3, 0.4) is 0 Å². The van der Waals surface area contributed by atoms with Gasteiger partial charge < -0.3 is 13.3 Å². The number of hydrogen-bond donors (Lipinski definition) is 0. The molecule has 114 valence electrons. The molecule has 19 heavy (non-hydrogen) atoms. The highest BCUT2D eigenvalue weighted by Gasteiger charge is 2.46. The molecule has 0 aliphatic heterocycles. The summed E-state index contributed by atoms with van der Waals surface area (Å²) in [7, 11) is 2.68. The summed E-state index contributed by atoms with van der Waals surface area (Å²) >= 11 is 0. The van der Waals surface area contributed by atoms with Crippen LogP contribution in [0, 0.1) is 0 Å². The third kappa shape index (κ3) is 6.70. The maximum absolute atomic E-state index is 5.65. The van der Waals surface area contributed by atoms with Crippen LogP contribution in [-0.2, 0) is 13.3 Å². The van der Waals surface area contributed by atoms with Gasteiger partial charge >= 0.3 is 8.80 Å². The lowest BCUT2D eigenvalue weighted by atomic mass is 10.1. The van der Waals surface area contributed by atoms with Gasteiger partial charge in [0.25, 0.3) is 0 Å². The third-order valence-corrected chi connectivity index (χ3v) is 7.00. The molecule has 0 aliphatic rings. The summed E-state index contributed by atoms with van der Waals surface area (Å²) < 4.78 is 17.0. The second kappa shape index (κ2) is 11.6. The molecule has 0 spiro atoms. The van der Waals surface area contributed by atoms with Gasteiger partial charge in [-0.3, -0.25) is 0 Å². The molecule has 0 radical (unpaired) electrons. The van der Waals surface area contributed by atoms with Crippen LogP contribution in [0.1, 0.15) is 58.3 Å². The zero-order chi connectivity index (χ0) is 14.6. The lowest BCUT2D eigenvalue weighted by Crippen LogP contribution is -2.47. The van der Waals surface area contributed by atoms with Crippen molar-refractivity contribution in [3.8, 4) is 0 Å². The Morgan fingerprint density at radius 1 is 0.947 bits per heavy atom. The fourth-order valence-corrected chi connectivity index (χ4v) is 5.17. The van der Waals surface area contributed by atoms with Gasteiger partial charge in [0.05, 0.1) is 0 Å². The molecule has 0 aliphatic carbocycles. The Hall–Kier alpha value is -0.163. The smallest absolute Gasteiger partial charge is 0.377 e. The Bertz CT molecular complexity index is 209. The first-order valence-corrected chi connectivity index (χ1v) is 9.27. The normalized spacial score (nSPS) is 13.5. The maximum atomic E-state index is 5.65. The van der Waals surface area contributed by atoms with Crippen LogP contribution in [0.25, 0.3) is 0 Å². The molecular weight excluding hydrogens is 256 g/mol. The van der Waals surface area contributed by atoms with E-state index in [4.69, 9.17) is 13.3 Å². The lowest BCUT2D eigenvalue weighted by molar-refractivity contribution is 0.107. The van der Waals surface area contributed by atoms with Crippen LogP contribution >= 0.6 is 0 Å². The van der Waals surface area contributed by atoms with Crippen LogP contribution in [-0.4, -0.2) is 30.1 Å². The molecule has 1 atom stereocenters. The van der Waals surface area contributed by atoms with Gasteiger partial charge in [-0.1, -0.05) is 38.7 Å². The monoisotopic (exact) mass is 288 g/mol. The number of unbranched alkanes of at least 4 members (excludes halogenated alkanes) is 4. The number of hydrogen-bond acceptors (Lipinski definition) is 3. The predicted molar refractivity (Wildman–Crippen MR) is 83.3 cm³/mol. The van der Waals surface area contributed by atoms with E-state index < -0.39 is 8.80 Å². The first-order chi connectivity index (χ1) is 9.20. The van der Waals surface area contributed by atoms with Crippen LogP contribution in [0.15, 0.2) is 12.7 Å². The van der Waals surface area contributed by atoms with Crippen LogP contribution < -0.4 is 0 Å². The average Bonchev–Trinajstić information content (AvgIpc) is 2.45. The first kappa shape index (κ1) is 18.8. The van der Waals surface area contributed by atoms with E-state index in [2.05, 4.69) is 13.5 Å². The van der Waals surface area contributed by atoms with Gasteiger partial charge in [-0.15, -0.1) is 6.58 Å². The average molecular weight is 289 g/mol. The van der Waals surface area contributed by atoms with Gasteiger partial charge in [0.15, 0.2) is 0 Å². The molecule has 0 saturated carbocycles. The van der Waals surface area contributed by atoms with Crippen molar-refractivity contribution in [1.82, 2.24) is 0 Å². The van der Waals surface area contributed by atoms with E-state index in [0.29, 0.717) is 5.54 Å². The molecule has 4 heteroatoms. The number of allylic oxidation sites excluding steroid dienone is 1. The van der Waals surface area contributed by atoms with E-state index in [1.807, 2.05) is 6.08 Å². The molecule has 0 fully saturated rings. The Morgan fingerprint density at radius 2 is 1.53 bits per heavy atom. The summed E-state index contributed by atoms with van der Waals surface area (Å²) in [5.41, 5.74) is 0.427. The van der Waals surface area contributed by atoms with E-state index in [-0.39, 0.29) is 0 Å². The van der Waals surface area contributed by atoms with Crippen molar-refractivity contribution in [3.05, 3.63) is 12.7 Å². The second-order valence-corrected chi connectivity index (χ2v) is 8.23. The highest BCUT2D eigenvalue weighted by molar-refractivity contribution is 6.62. The maximum Gasteiger partial charge on any atom is 0.503 e. The standard InChI is InChI=1S/C15H32O3Si/c1-6-8-10-11-12-14-15(13-9-7-2)19(16-3,17-4)18-5/h6,15H,1,7-14H2,2-5H3. The van der Waals surface area contributed by atoms with E-state index in [0.717, 1.165) is 19.3 Å². The Morgan fingerprint density at radius 3 is 2.00 bits per heavy atom. The van der Waals surface area contributed by atoms with E-state index in [1.54, 1.807) is 21.3 Å². The molecule has 0 heterocycles. The highest BCUT2D eigenvalue weighted by Crippen LogP contribution is 2.34. The summed E-state index contributed by atoms with van der Waals surface area (Å²) in [5, 5.41) is 0. The zero-order valence-corrected chi connectivity index (χ0v) is 14.2. The van der Waals surface area contributed by atoms with Gasteiger partial charge in [-0.25, -0.2) is 0 Å². The minimum absolute atomic E-state index is 0.427. The molecular formula is C15H32O3Si. The summed E-state index contributed by atoms with van der Waals surface area (Å²) in [6, 6.07) is 0. The SMILES string of the molecule is C=CCCCCCC(CCCC)[Si](OC)(OC)OC. The van der Waals surface area contributed by atoms with Crippen molar-refractivity contribution in [2.75, 3.05) is 21.3 Å². The predicted octanol–water partition coefficient (Wildman–Crippen LogP) is 4.56. The molecule has 0 aromatic carbocycles. The second-order valence-electron chi connectivity index (χ2n) is 4.98. The Balaban J connectivity index is 4.37. The molecule has 0 rings (SSSR count). The topological polar surface area (TPSA) is 27.7 Å². The zero-order valence-electron chi connectivity index (χ0n) is 13.2. The van der Waals surface area contributed by atoms with Gasteiger partial charge in [0, 0.05) is 26.9 Å². The fourth-order valence-electron chi connectivity index (χ4n) is 2.55. The molecule has 0 aromatic heterocycles. The summed E-state index contributed by atoms with van der Waals surface area (Å²) in [4.78, 5) is 0. The molecule has 1 unspecified atom stereocenters. The van der Waals surface area contributed by atoms with Gasteiger partial charge in [0.2, 0.25) is 0 Å². The van der Waals surface area contributed by atoms with Crippen molar-refractivity contribution >= 4 is 8.80 Å². The quantitative estimate of drug-likeness (QED) is 0.282. The van der Waals surface area contributed by atoms with Crippen molar-refractivity contribution in [1.29, 1.82) is 0 Å². The molecule has 0 N–H and O–H groups in total. The molecule has 0 saturated heterocycles. The van der Waals surface area contributed by atoms with Crippen LogP contribution in [0.4, 0.5) is 0 Å². The fraction of sp³-hybridized carbons (Fsp3) is 0.867. The van der Waals surface area contributed by atoms with Gasteiger partial charge in [0.1, 0.15) is 0 Å². The minimum Gasteiger partial charge on any atom is -0.377 e. The third-order valence-electron chi connectivity index (χ3n) is 3.72. The summed E-state index contributed by atoms with van der Waals surface area (Å²) in [6.07, 6.45) is 11.5. The van der Waals surface area contributed by atoms with Gasteiger partial charge in [-0.2, -0.15) is 0 Å². The summed E-state index contributed by atoms with van der Waals surface area (Å²) in [6.45, 7) is 5.98. The van der Waals surface area contributed by atoms with Crippen molar-refractivity contribution in [2.45, 2.75) is 63.8 Å². The van der Waals surface area contributed by atoms with E-state index in [9.17, 15) is 0 Å². The van der Waals surface area contributed by atoms with E-state index >= 15 is 0 Å². The molecule has 3 nitrogen and oxygen atoms in total. The Labute approximate surface area is 120 Å². The minimum atomic E-state index is -2.47. The van der Waals surface area contributed by atoms with Crippen LogP contribution in [0.2, 0.25) is 5.54 Å². The van der Waals surface area contributed by atoms with E-state index in [1.165, 1.54) is 32.1 Å². The van der Waals surface area contributed by atoms with Crippen molar-refractivity contribution < 1.29 is 13.3 Å². The van der Waals surface area contributed by atoms with Crippen LogP contribution in [0.5, 0.6) is 0 Å². The first-order valence-electron chi connectivity index (χ1n) is 7.47. The van der Waals surface area contributed by atoms with Crippen molar-refractivity contribution in [3.63, 3.8) is 0 Å². The largest absolute Gasteiger partial charge is 0.503 e. The molecule has 0 aromatic rings. The lowest BCUT2D eigenvalue weighted by Gasteiger charge is -2.32. The Kier molecular flexibility index (Phi) is 11.5. The molecule has 0 bridgehead atoms. The molecule has 0 amide bonds. The number of rotatable bonds is 13.